The summed E-state index contributed by atoms with van der Waals surface area (Å²) >= 11 is 0. The third-order valence-electron chi connectivity index (χ3n) is 2.62. The van der Waals surface area contributed by atoms with E-state index < -0.39 is 0 Å². The molecule has 0 spiro atoms. The van der Waals surface area contributed by atoms with Crippen LogP contribution in [0.2, 0.25) is 0 Å². The van der Waals surface area contributed by atoms with Gasteiger partial charge >= 0.3 is 0 Å². The number of aliphatic hydroxyl groups excluding tert-OH is 1. The molecular weight excluding hydrogens is 204 g/mol. The molecule has 0 aliphatic carbocycles. The van der Waals surface area contributed by atoms with Crippen molar-refractivity contribution in [1.29, 1.82) is 0 Å². The smallest absolute Gasteiger partial charge is 0.160 e. The summed E-state index contributed by atoms with van der Waals surface area (Å²) in [6.07, 6.45) is 3.47. The van der Waals surface area contributed by atoms with Crippen molar-refractivity contribution >= 4 is 11.2 Å². The highest BCUT2D eigenvalue weighted by Gasteiger charge is 2.10. The molecule has 1 unspecified atom stereocenters. The van der Waals surface area contributed by atoms with Gasteiger partial charge in [0, 0.05) is 12.2 Å². The molecular formula is C11H16N4O. The molecule has 2 aromatic heterocycles. The maximum Gasteiger partial charge on any atom is 0.160 e. The summed E-state index contributed by atoms with van der Waals surface area (Å²) in [6.45, 7) is 4.07. The molecule has 0 saturated carbocycles. The van der Waals surface area contributed by atoms with Gasteiger partial charge in [-0.25, -0.2) is 9.97 Å². The van der Waals surface area contributed by atoms with Gasteiger partial charge in [-0.15, -0.1) is 0 Å². The highest BCUT2D eigenvalue weighted by Crippen LogP contribution is 2.18. The number of hydrogen-bond acceptors (Lipinski definition) is 4. The molecule has 0 aliphatic rings. The van der Waals surface area contributed by atoms with E-state index in [1.165, 1.54) is 0 Å². The standard InChI is InChI=1S/C11H16N4O/c1-7(2)15-6-14-10-3-8(9(12)5-16)4-13-11(10)15/h3-4,6-7,9,16H,5,12H2,1-2H3. The van der Waals surface area contributed by atoms with Crippen molar-refractivity contribution in [3.05, 3.63) is 24.2 Å². The summed E-state index contributed by atoms with van der Waals surface area (Å²) in [5, 5.41) is 8.98. The highest BCUT2D eigenvalue weighted by atomic mass is 16.3. The van der Waals surface area contributed by atoms with Crippen LogP contribution in [0.25, 0.3) is 11.2 Å². The zero-order chi connectivity index (χ0) is 11.7. The minimum Gasteiger partial charge on any atom is -0.394 e. The molecule has 5 heteroatoms. The molecule has 0 fully saturated rings. The molecule has 3 N–H and O–H groups in total. The van der Waals surface area contributed by atoms with Crippen LogP contribution in [0.5, 0.6) is 0 Å². The lowest BCUT2D eigenvalue weighted by atomic mass is 10.1. The van der Waals surface area contributed by atoms with Crippen molar-refractivity contribution in [2.45, 2.75) is 25.9 Å². The quantitative estimate of drug-likeness (QED) is 0.809. The highest BCUT2D eigenvalue weighted by molar-refractivity contribution is 5.71. The molecule has 1 atom stereocenters. The zero-order valence-corrected chi connectivity index (χ0v) is 9.46. The lowest BCUT2D eigenvalue weighted by molar-refractivity contribution is 0.268. The number of imidazole rings is 1. The fourth-order valence-electron chi connectivity index (χ4n) is 1.62. The van der Waals surface area contributed by atoms with Gasteiger partial charge in [-0.1, -0.05) is 0 Å². The number of pyridine rings is 1. The summed E-state index contributed by atoms with van der Waals surface area (Å²) in [4.78, 5) is 8.62. The normalized spacial score (nSPS) is 13.6. The maximum atomic E-state index is 8.98. The number of nitrogens with two attached hydrogens (primary N) is 1. The fraction of sp³-hybridized carbons (Fsp3) is 0.455. The van der Waals surface area contributed by atoms with Crippen LogP contribution in [0.15, 0.2) is 18.6 Å². The number of aromatic nitrogens is 3. The van der Waals surface area contributed by atoms with E-state index in [-0.39, 0.29) is 12.6 Å². The van der Waals surface area contributed by atoms with E-state index in [4.69, 9.17) is 10.8 Å². The van der Waals surface area contributed by atoms with Crippen molar-refractivity contribution in [2.75, 3.05) is 6.61 Å². The Balaban J connectivity index is 2.49. The van der Waals surface area contributed by atoms with E-state index in [2.05, 4.69) is 23.8 Å². The second-order valence-electron chi connectivity index (χ2n) is 4.15. The van der Waals surface area contributed by atoms with Crippen LogP contribution < -0.4 is 5.73 Å². The van der Waals surface area contributed by atoms with E-state index >= 15 is 0 Å². The number of nitrogens with zero attached hydrogens (tertiary/aromatic N) is 3. The Labute approximate surface area is 93.9 Å². The number of rotatable bonds is 3. The van der Waals surface area contributed by atoms with Gasteiger partial charge in [0.1, 0.15) is 5.52 Å². The SMILES string of the molecule is CC(C)n1cnc2cc(C(N)CO)cnc21. The van der Waals surface area contributed by atoms with Gasteiger partial charge in [0.05, 0.1) is 19.0 Å². The molecule has 0 aromatic carbocycles. The Bertz CT molecular complexity index is 492. The Morgan fingerprint density at radius 2 is 2.19 bits per heavy atom. The Hall–Kier alpha value is -1.46. The van der Waals surface area contributed by atoms with Gasteiger partial charge in [-0.2, -0.15) is 0 Å². The maximum absolute atomic E-state index is 8.98. The van der Waals surface area contributed by atoms with Crippen molar-refractivity contribution < 1.29 is 5.11 Å². The first-order valence-electron chi connectivity index (χ1n) is 5.32. The van der Waals surface area contributed by atoms with Crippen LogP contribution in [0, 0.1) is 0 Å². The molecule has 0 radical (unpaired) electrons. The number of hydrogen-bond donors (Lipinski definition) is 2. The summed E-state index contributed by atoms with van der Waals surface area (Å²) in [6, 6.07) is 1.82. The summed E-state index contributed by atoms with van der Waals surface area (Å²) in [5.41, 5.74) is 8.20. The summed E-state index contributed by atoms with van der Waals surface area (Å²) in [5.74, 6) is 0. The number of aliphatic hydroxyl groups is 1. The van der Waals surface area contributed by atoms with Gasteiger partial charge < -0.3 is 15.4 Å². The van der Waals surface area contributed by atoms with Crippen molar-refractivity contribution in [3.63, 3.8) is 0 Å². The predicted molar refractivity (Wildman–Crippen MR) is 61.9 cm³/mol. The first-order chi connectivity index (χ1) is 7.63. The molecule has 0 amide bonds. The molecule has 16 heavy (non-hydrogen) atoms. The molecule has 86 valence electrons. The number of fused-ring (bicyclic) bond motifs is 1. The molecule has 0 aliphatic heterocycles. The van der Waals surface area contributed by atoms with E-state index in [1.807, 2.05) is 10.6 Å². The van der Waals surface area contributed by atoms with E-state index in [1.54, 1.807) is 12.5 Å². The second kappa shape index (κ2) is 4.19. The van der Waals surface area contributed by atoms with Crippen molar-refractivity contribution in [2.24, 2.45) is 5.73 Å². The van der Waals surface area contributed by atoms with Gasteiger partial charge in [0.15, 0.2) is 5.65 Å². The molecule has 2 aromatic rings. The van der Waals surface area contributed by atoms with Gasteiger partial charge in [-0.05, 0) is 25.5 Å². The Morgan fingerprint density at radius 3 is 2.81 bits per heavy atom. The Kier molecular flexibility index (Phi) is 2.89. The summed E-state index contributed by atoms with van der Waals surface area (Å²) < 4.78 is 2.00. The first kappa shape index (κ1) is 11.0. The first-order valence-corrected chi connectivity index (χ1v) is 5.32. The van der Waals surface area contributed by atoms with E-state index in [0.29, 0.717) is 6.04 Å². The predicted octanol–water partition coefficient (Wildman–Crippen LogP) is 1.00. The Morgan fingerprint density at radius 1 is 1.44 bits per heavy atom. The molecule has 2 heterocycles. The lowest BCUT2D eigenvalue weighted by Crippen LogP contribution is -2.14. The van der Waals surface area contributed by atoms with Crippen LogP contribution in [-0.4, -0.2) is 26.2 Å². The van der Waals surface area contributed by atoms with Gasteiger partial charge in [0.2, 0.25) is 0 Å². The van der Waals surface area contributed by atoms with E-state index in [9.17, 15) is 0 Å². The van der Waals surface area contributed by atoms with Crippen molar-refractivity contribution in [3.8, 4) is 0 Å². The van der Waals surface area contributed by atoms with E-state index in [0.717, 1.165) is 16.7 Å². The van der Waals surface area contributed by atoms with Crippen LogP contribution >= 0.6 is 0 Å². The minimum absolute atomic E-state index is 0.0852. The molecule has 2 rings (SSSR count). The zero-order valence-electron chi connectivity index (χ0n) is 9.46. The lowest BCUT2D eigenvalue weighted by Gasteiger charge is -2.09. The van der Waals surface area contributed by atoms with Gasteiger partial charge in [-0.3, -0.25) is 0 Å². The molecule has 0 bridgehead atoms. The topological polar surface area (TPSA) is 77.0 Å². The monoisotopic (exact) mass is 220 g/mol. The van der Waals surface area contributed by atoms with Crippen LogP contribution in [0.4, 0.5) is 0 Å². The molecule has 5 nitrogen and oxygen atoms in total. The second-order valence-corrected chi connectivity index (χ2v) is 4.15. The summed E-state index contributed by atoms with van der Waals surface area (Å²) in [7, 11) is 0. The average molecular weight is 220 g/mol. The third kappa shape index (κ3) is 1.79. The average Bonchev–Trinajstić information content (AvgIpc) is 2.70. The van der Waals surface area contributed by atoms with Crippen LogP contribution in [0.1, 0.15) is 31.5 Å². The van der Waals surface area contributed by atoms with Crippen LogP contribution in [-0.2, 0) is 0 Å². The largest absolute Gasteiger partial charge is 0.394 e. The fourth-order valence-corrected chi connectivity index (χ4v) is 1.62. The van der Waals surface area contributed by atoms with Crippen LogP contribution in [0.3, 0.4) is 0 Å². The third-order valence-corrected chi connectivity index (χ3v) is 2.62. The van der Waals surface area contributed by atoms with Crippen molar-refractivity contribution in [1.82, 2.24) is 14.5 Å². The molecule has 0 saturated heterocycles. The van der Waals surface area contributed by atoms with Gasteiger partial charge in [0.25, 0.3) is 0 Å². The minimum atomic E-state index is -0.388.